The van der Waals surface area contributed by atoms with Crippen molar-refractivity contribution in [2.75, 3.05) is 28.3 Å². The first-order valence-corrected chi connectivity index (χ1v) is 7.21. The highest BCUT2D eigenvalue weighted by Gasteiger charge is 2.24. The Hall–Kier alpha value is -2.47. The molecular formula is C17H19NO5. The maximum Gasteiger partial charge on any atom is 0.206 e. The third-order valence-corrected chi connectivity index (χ3v) is 3.84. The summed E-state index contributed by atoms with van der Waals surface area (Å²) in [5.74, 6) is 1.40. The van der Waals surface area contributed by atoms with Crippen LogP contribution in [0.2, 0.25) is 0 Å². The summed E-state index contributed by atoms with van der Waals surface area (Å²) in [7, 11) is 6.85. The Morgan fingerprint density at radius 1 is 1.13 bits per heavy atom. The van der Waals surface area contributed by atoms with Gasteiger partial charge >= 0.3 is 0 Å². The average Bonchev–Trinajstić information content (AvgIpc) is 2.98. The normalized spacial score (nSPS) is 11.6. The molecule has 6 nitrogen and oxygen atoms in total. The van der Waals surface area contributed by atoms with Crippen LogP contribution in [0.25, 0.3) is 21.9 Å². The van der Waals surface area contributed by atoms with Gasteiger partial charge in [0, 0.05) is 6.54 Å². The molecule has 0 unspecified atom stereocenters. The average molecular weight is 317 g/mol. The van der Waals surface area contributed by atoms with E-state index in [-0.39, 0.29) is 5.43 Å². The number of furan rings is 1. The largest absolute Gasteiger partial charge is 0.495 e. The van der Waals surface area contributed by atoms with Crippen LogP contribution in [-0.4, -0.2) is 33.2 Å². The number of benzene rings is 1. The summed E-state index contributed by atoms with van der Waals surface area (Å²) < 4.78 is 22.3. The Balaban J connectivity index is 2.53. The zero-order valence-electron chi connectivity index (χ0n) is 13.9. The van der Waals surface area contributed by atoms with Gasteiger partial charge in [-0.15, -0.1) is 0 Å². The fourth-order valence-electron chi connectivity index (χ4n) is 2.84. The Morgan fingerprint density at radius 2 is 1.83 bits per heavy atom. The van der Waals surface area contributed by atoms with Crippen molar-refractivity contribution >= 4 is 21.9 Å². The maximum absolute atomic E-state index is 13.0. The summed E-state index contributed by atoms with van der Waals surface area (Å²) in [5.41, 5.74) is 1.33. The Bertz CT molecular complexity index is 936. The SMILES string of the molecule is COc1c2occc2c(OC)c2c(=O)c(CN(C)C)c(C)oc12. The third-order valence-electron chi connectivity index (χ3n) is 3.84. The first kappa shape index (κ1) is 15.4. The van der Waals surface area contributed by atoms with Gasteiger partial charge in [0.25, 0.3) is 0 Å². The van der Waals surface area contributed by atoms with E-state index in [1.54, 1.807) is 13.0 Å². The third kappa shape index (κ3) is 2.26. The topological polar surface area (TPSA) is 65.1 Å². The molecule has 0 spiro atoms. The molecule has 0 aliphatic heterocycles. The number of nitrogens with zero attached hydrogens (tertiary/aromatic N) is 1. The second-order valence-corrected chi connectivity index (χ2v) is 5.64. The molecule has 0 saturated carbocycles. The molecule has 2 heterocycles. The maximum atomic E-state index is 13.0. The Morgan fingerprint density at radius 3 is 2.43 bits per heavy atom. The van der Waals surface area contributed by atoms with E-state index < -0.39 is 0 Å². The summed E-state index contributed by atoms with van der Waals surface area (Å²) in [6.45, 7) is 2.26. The van der Waals surface area contributed by atoms with Crippen LogP contribution in [0, 0.1) is 6.92 Å². The molecule has 122 valence electrons. The van der Waals surface area contributed by atoms with E-state index >= 15 is 0 Å². The van der Waals surface area contributed by atoms with Gasteiger partial charge in [-0.3, -0.25) is 4.79 Å². The van der Waals surface area contributed by atoms with Crippen LogP contribution in [0.15, 0.2) is 26.0 Å². The Kier molecular flexibility index (Phi) is 3.77. The van der Waals surface area contributed by atoms with Crippen molar-refractivity contribution in [1.82, 2.24) is 4.90 Å². The summed E-state index contributed by atoms with van der Waals surface area (Å²) in [5, 5.41) is 1.06. The molecular weight excluding hydrogens is 298 g/mol. The number of rotatable bonds is 4. The fourth-order valence-corrected chi connectivity index (χ4v) is 2.84. The van der Waals surface area contributed by atoms with Crippen molar-refractivity contribution in [3.63, 3.8) is 0 Å². The summed E-state index contributed by atoms with van der Waals surface area (Å²) >= 11 is 0. The van der Waals surface area contributed by atoms with Crippen LogP contribution < -0.4 is 14.9 Å². The van der Waals surface area contributed by atoms with E-state index in [0.29, 0.717) is 51.3 Å². The molecule has 0 aliphatic rings. The molecule has 6 heteroatoms. The summed E-state index contributed by atoms with van der Waals surface area (Å²) in [6.07, 6.45) is 1.53. The molecule has 23 heavy (non-hydrogen) atoms. The van der Waals surface area contributed by atoms with Crippen LogP contribution >= 0.6 is 0 Å². The number of fused-ring (bicyclic) bond motifs is 2. The van der Waals surface area contributed by atoms with Crippen LogP contribution in [0.4, 0.5) is 0 Å². The fraction of sp³-hybridized carbons (Fsp3) is 0.353. The van der Waals surface area contributed by atoms with Gasteiger partial charge in [-0.1, -0.05) is 0 Å². The van der Waals surface area contributed by atoms with Crippen molar-refractivity contribution in [3.8, 4) is 11.5 Å². The van der Waals surface area contributed by atoms with Gasteiger partial charge < -0.3 is 23.2 Å². The minimum atomic E-state index is -0.115. The van der Waals surface area contributed by atoms with Gasteiger partial charge in [0.2, 0.25) is 11.2 Å². The van der Waals surface area contributed by atoms with Crippen molar-refractivity contribution in [2.24, 2.45) is 0 Å². The van der Waals surface area contributed by atoms with E-state index in [4.69, 9.17) is 18.3 Å². The summed E-state index contributed by atoms with van der Waals surface area (Å²) in [4.78, 5) is 15.0. The van der Waals surface area contributed by atoms with Crippen LogP contribution in [0.3, 0.4) is 0 Å². The smallest absolute Gasteiger partial charge is 0.206 e. The number of hydrogen-bond donors (Lipinski definition) is 0. The van der Waals surface area contributed by atoms with Crippen molar-refractivity contribution in [3.05, 3.63) is 33.9 Å². The molecule has 1 aromatic carbocycles. The van der Waals surface area contributed by atoms with E-state index in [2.05, 4.69) is 0 Å². The minimum absolute atomic E-state index is 0.115. The number of methoxy groups -OCH3 is 2. The predicted octanol–water partition coefficient (Wildman–Crippen LogP) is 2.93. The van der Waals surface area contributed by atoms with E-state index in [0.717, 1.165) is 0 Å². The number of aryl methyl sites for hydroxylation is 1. The highest BCUT2D eigenvalue weighted by atomic mass is 16.5. The molecule has 3 aromatic rings. The molecule has 0 amide bonds. The first-order chi connectivity index (χ1) is 11.0. The highest BCUT2D eigenvalue weighted by molar-refractivity contribution is 6.06. The lowest BCUT2D eigenvalue weighted by molar-refractivity contribution is 0.383. The molecule has 0 saturated heterocycles. The van der Waals surface area contributed by atoms with E-state index in [1.807, 2.05) is 19.0 Å². The van der Waals surface area contributed by atoms with Gasteiger partial charge in [-0.25, -0.2) is 0 Å². The minimum Gasteiger partial charge on any atom is -0.495 e. The second kappa shape index (κ2) is 5.62. The lowest BCUT2D eigenvalue weighted by atomic mass is 10.1. The number of ether oxygens (including phenoxy) is 2. The van der Waals surface area contributed by atoms with Gasteiger partial charge in [-0.2, -0.15) is 0 Å². The van der Waals surface area contributed by atoms with E-state index in [1.165, 1.54) is 20.5 Å². The first-order valence-electron chi connectivity index (χ1n) is 7.21. The molecule has 0 aliphatic carbocycles. The standard InChI is InChI=1S/C17H19NO5/c1-9-11(8-18(2)3)13(19)12-14(20-4)10-6-7-22-15(10)17(21-5)16(12)23-9/h6-7H,8H2,1-5H3. The lowest BCUT2D eigenvalue weighted by Crippen LogP contribution is -2.20. The van der Waals surface area contributed by atoms with Crippen LogP contribution in [0.5, 0.6) is 11.5 Å². The predicted molar refractivity (Wildman–Crippen MR) is 87.5 cm³/mol. The Labute approximate surface area is 133 Å². The van der Waals surface area contributed by atoms with Gasteiger partial charge in [0.05, 0.1) is 31.4 Å². The molecule has 2 aromatic heterocycles. The second-order valence-electron chi connectivity index (χ2n) is 5.64. The van der Waals surface area contributed by atoms with Crippen molar-refractivity contribution in [1.29, 1.82) is 0 Å². The van der Waals surface area contributed by atoms with Crippen LogP contribution in [-0.2, 0) is 6.54 Å². The van der Waals surface area contributed by atoms with Crippen molar-refractivity contribution in [2.45, 2.75) is 13.5 Å². The van der Waals surface area contributed by atoms with Crippen LogP contribution in [0.1, 0.15) is 11.3 Å². The zero-order valence-corrected chi connectivity index (χ0v) is 13.9. The molecule has 0 atom stereocenters. The van der Waals surface area contributed by atoms with E-state index in [9.17, 15) is 4.79 Å². The monoisotopic (exact) mass is 317 g/mol. The van der Waals surface area contributed by atoms with Gasteiger partial charge in [-0.05, 0) is 27.1 Å². The highest BCUT2D eigenvalue weighted by Crippen LogP contribution is 2.42. The van der Waals surface area contributed by atoms with Gasteiger partial charge in [0.15, 0.2) is 11.2 Å². The zero-order chi connectivity index (χ0) is 16.7. The van der Waals surface area contributed by atoms with Gasteiger partial charge in [0.1, 0.15) is 16.9 Å². The molecule has 3 rings (SSSR count). The summed E-state index contributed by atoms with van der Waals surface area (Å²) in [6, 6.07) is 1.75. The molecule has 0 radical (unpaired) electrons. The molecule has 0 N–H and O–H groups in total. The molecule has 0 fully saturated rings. The van der Waals surface area contributed by atoms with Crippen molar-refractivity contribution < 1.29 is 18.3 Å². The lowest BCUT2D eigenvalue weighted by Gasteiger charge is -2.15. The quantitative estimate of drug-likeness (QED) is 0.737. The number of hydrogen-bond acceptors (Lipinski definition) is 6. The molecule has 0 bridgehead atoms.